The Hall–Kier alpha value is -3.12. The second kappa shape index (κ2) is 10.3. The third kappa shape index (κ3) is 5.33. The Balaban J connectivity index is 1.47. The van der Waals surface area contributed by atoms with E-state index in [2.05, 4.69) is 22.6 Å². The lowest BCUT2D eigenvalue weighted by molar-refractivity contribution is -0.139. The normalized spacial score (nSPS) is 15.6. The summed E-state index contributed by atoms with van der Waals surface area (Å²) in [6.45, 7) is 0.0715. The van der Waals surface area contributed by atoms with Crippen LogP contribution in [0, 0.1) is 0 Å². The summed E-state index contributed by atoms with van der Waals surface area (Å²) in [7, 11) is 0. The van der Waals surface area contributed by atoms with Crippen LogP contribution >= 0.6 is 0 Å². The molecule has 0 aliphatic heterocycles. The van der Waals surface area contributed by atoms with Crippen molar-refractivity contribution in [2.45, 2.75) is 44.9 Å². The van der Waals surface area contributed by atoms with Gasteiger partial charge in [-0.15, -0.1) is 0 Å². The van der Waals surface area contributed by atoms with E-state index in [9.17, 15) is 4.79 Å². The molecule has 6 heteroatoms. The number of pyridine rings is 1. The summed E-state index contributed by atoms with van der Waals surface area (Å²) in [5.41, 5.74) is 9.87. The average molecular weight is 421 g/mol. The Morgan fingerprint density at radius 3 is 2.74 bits per heavy atom. The lowest BCUT2D eigenvalue weighted by Gasteiger charge is -2.23. The first-order chi connectivity index (χ1) is 15.2. The molecule has 4 rings (SSSR count). The smallest absolute Gasteiger partial charge is 0.341 e. The molecule has 31 heavy (non-hydrogen) atoms. The van der Waals surface area contributed by atoms with Crippen LogP contribution in [0.25, 0.3) is 11.3 Å². The number of nitrogens with one attached hydrogen (secondary N) is 1. The maximum atomic E-state index is 10.9. The highest BCUT2D eigenvalue weighted by Gasteiger charge is 2.18. The largest absolute Gasteiger partial charge is 0.482 e. The van der Waals surface area contributed by atoms with E-state index in [1.165, 1.54) is 24.8 Å². The van der Waals surface area contributed by atoms with E-state index in [-0.39, 0.29) is 6.61 Å². The van der Waals surface area contributed by atoms with Crippen molar-refractivity contribution in [2.24, 2.45) is 0 Å². The SMILES string of the molecule is O=C(O)COc1cccc2c1CCC=C2CONC(=C1CCCCC1)c1cccnc1. The van der Waals surface area contributed by atoms with Crippen molar-refractivity contribution in [2.75, 3.05) is 13.2 Å². The van der Waals surface area contributed by atoms with Crippen LogP contribution in [-0.2, 0) is 16.1 Å². The molecular weight excluding hydrogens is 392 g/mol. The molecule has 2 aliphatic rings. The zero-order chi connectivity index (χ0) is 21.5. The fourth-order valence-corrected chi connectivity index (χ4v) is 4.30. The number of aliphatic carboxylic acids is 1. The van der Waals surface area contributed by atoms with Crippen molar-refractivity contribution in [3.05, 3.63) is 71.1 Å². The van der Waals surface area contributed by atoms with E-state index in [4.69, 9.17) is 14.7 Å². The highest BCUT2D eigenvalue weighted by atomic mass is 16.6. The van der Waals surface area contributed by atoms with Gasteiger partial charge in [-0.3, -0.25) is 15.3 Å². The molecule has 6 nitrogen and oxygen atoms in total. The Labute approximate surface area is 182 Å². The molecule has 0 bridgehead atoms. The van der Waals surface area contributed by atoms with Crippen LogP contribution < -0.4 is 10.2 Å². The minimum absolute atomic E-state index is 0.338. The van der Waals surface area contributed by atoms with Gasteiger partial charge >= 0.3 is 5.97 Å². The van der Waals surface area contributed by atoms with Gasteiger partial charge in [0.2, 0.25) is 0 Å². The van der Waals surface area contributed by atoms with Gasteiger partial charge in [0, 0.05) is 23.5 Å². The minimum Gasteiger partial charge on any atom is -0.482 e. The molecule has 1 aromatic carbocycles. The number of hydrogen-bond acceptors (Lipinski definition) is 5. The van der Waals surface area contributed by atoms with Gasteiger partial charge in [-0.1, -0.05) is 24.6 Å². The summed E-state index contributed by atoms with van der Waals surface area (Å²) >= 11 is 0. The predicted molar refractivity (Wildman–Crippen MR) is 119 cm³/mol. The standard InChI is InChI=1S/C25H28N2O4/c28-24(29)17-30-23-13-5-11-21-20(9-4-12-22(21)23)16-31-27-25(18-7-2-1-3-8-18)19-10-6-14-26-15-19/h5-6,9-11,13-15,27H,1-4,7-8,12,16-17H2,(H,28,29). The molecule has 1 saturated carbocycles. The van der Waals surface area contributed by atoms with E-state index < -0.39 is 5.97 Å². The first-order valence-electron chi connectivity index (χ1n) is 10.9. The monoisotopic (exact) mass is 420 g/mol. The molecule has 2 N–H and O–H groups in total. The van der Waals surface area contributed by atoms with Gasteiger partial charge < -0.3 is 9.84 Å². The number of ether oxygens (including phenoxy) is 1. The highest BCUT2D eigenvalue weighted by Crippen LogP contribution is 2.34. The molecule has 1 heterocycles. The van der Waals surface area contributed by atoms with Crippen molar-refractivity contribution in [1.29, 1.82) is 0 Å². The third-order valence-electron chi connectivity index (χ3n) is 5.78. The van der Waals surface area contributed by atoms with Crippen LogP contribution in [0.4, 0.5) is 0 Å². The number of carbonyl (C=O) groups is 1. The van der Waals surface area contributed by atoms with Crippen molar-refractivity contribution < 1.29 is 19.5 Å². The fourth-order valence-electron chi connectivity index (χ4n) is 4.30. The maximum absolute atomic E-state index is 10.9. The van der Waals surface area contributed by atoms with Gasteiger partial charge in [0.05, 0.1) is 12.3 Å². The number of benzene rings is 1. The van der Waals surface area contributed by atoms with Crippen molar-refractivity contribution in [1.82, 2.24) is 10.5 Å². The van der Waals surface area contributed by atoms with Gasteiger partial charge in [-0.05, 0) is 73.4 Å². The number of fused-ring (bicyclic) bond motifs is 1. The molecule has 0 radical (unpaired) electrons. The Morgan fingerprint density at radius 2 is 1.97 bits per heavy atom. The first kappa shape index (κ1) is 21.1. The summed E-state index contributed by atoms with van der Waals surface area (Å²) in [4.78, 5) is 21.2. The number of rotatable bonds is 8. The van der Waals surface area contributed by atoms with Crippen LogP contribution in [0.1, 0.15) is 55.2 Å². The summed E-state index contributed by atoms with van der Waals surface area (Å²) in [6.07, 6.45) is 13.4. The van der Waals surface area contributed by atoms with Crippen LogP contribution in [0.2, 0.25) is 0 Å². The second-order valence-corrected chi connectivity index (χ2v) is 7.90. The summed E-state index contributed by atoms with van der Waals surface area (Å²) < 4.78 is 5.50. The highest BCUT2D eigenvalue weighted by molar-refractivity contribution is 5.74. The molecular formula is C25H28N2O4. The average Bonchev–Trinajstić information content (AvgIpc) is 2.81. The fraction of sp³-hybridized carbons (Fsp3) is 0.360. The van der Waals surface area contributed by atoms with E-state index in [1.54, 1.807) is 6.20 Å². The number of nitrogens with zero attached hydrogens (tertiary/aromatic N) is 1. The Morgan fingerprint density at radius 1 is 1.10 bits per heavy atom. The molecule has 0 spiro atoms. The van der Waals surface area contributed by atoms with Crippen molar-refractivity contribution >= 4 is 17.2 Å². The van der Waals surface area contributed by atoms with Crippen molar-refractivity contribution in [3.8, 4) is 5.75 Å². The molecule has 162 valence electrons. The van der Waals surface area contributed by atoms with Gasteiger partial charge in [0.25, 0.3) is 0 Å². The van der Waals surface area contributed by atoms with Gasteiger partial charge in [0.15, 0.2) is 6.61 Å². The topological polar surface area (TPSA) is 80.7 Å². The summed E-state index contributed by atoms with van der Waals surface area (Å²) in [5.74, 6) is -0.339. The van der Waals surface area contributed by atoms with E-state index in [0.29, 0.717) is 12.4 Å². The minimum atomic E-state index is -0.976. The molecule has 2 aromatic rings. The van der Waals surface area contributed by atoms with Crippen molar-refractivity contribution in [3.63, 3.8) is 0 Å². The zero-order valence-electron chi connectivity index (χ0n) is 17.6. The number of hydroxylamine groups is 1. The van der Waals surface area contributed by atoms with Gasteiger partial charge in [0.1, 0.15) is 5.75 Å². The number of aromatic nitrogens is 1. The predicted octanol–water partition coefficient (Wildman–Crippen LogP) is 4.77. The van der Waals surface area contributed by atoms with E-state index in [1.807, 2.05) is 30.5 Å². The molecule has 0 saturated heterocycles. The van der Waals surface area contributed by atoms with Gasteiger partial charge in [-0.25, -0.2) is 4.79 Å². The molecule has 1 aromatic heterocycles. The zero-order valence-corrected chi connectivity index (χ0v) is 17.6. The number of carboxylic acid groups (broad SMARTS) is 1. The molecule has 2 aliphatic carbocycles. The molecule has 0 amide bonds. The van der Waals surface area contributed by atoms with Crippen LogP contribution in [0.3, 0.4) is 0 Å². The van der Waals surface area contributed by atoms with E-state index in [0.717, 1.165) is 53.6 Å². The maximum Gasteiger partial charge on any atom is 0.341 e. The molecule has 1 fully saturated rings. The second-order valence-electron chi connectivity index (χ2n) is 7.90. The Kier molecular flexibility index (Phi) is 6.99. The number of allylic oxidation sites excluding steroid dienone is 2. The lowest BCUT2D eigenvalue weighted by atomic mass is 9.90. The first-order valence-corrected chi connectivity index (χ1v) is 10.9. The van der Waals surface area contributed by atoms with Crippen LogP contribution in [0.5, 0.6) is 5.75 Å². The van der Waals surface area contributed by atoms with Crippen LogP contribution in [0.15, 0.2) is 54.4 Å². The number of hydrogen-bond donors (Lipinski definition) is 2. The summed E-state index contributed by atoms with van der Waals surface area (Å²) in [6, 6.07) is 9.77. The number of carboxylic acids is 1. The lowest BCUT2D eigenvalue weighted by Crippen LogP contribution is -2.19. The van der Waals surface area contributed by atoms with Gasteiger partial charge in [-0.2, -0.15) is 0 Å². The van der Waals surface area contributed by atoms with E-state index >= 15 is 0 Å². The molecule has 0 atom stereocenters. The Bertz CT molecular complexity index is 974. The summed E-state index contributed by atoms with van der Waals surface area (Å²) in [5, 5.41) is 8.93. The third-order valence-corrected chi connectivity index (χ3v) is 5.78. The molecule has 0 unspecified atom stereocenters. The quantitative estimate of drug-likeness (QED) is 0.599. The van der Waals surface area contributed by atoms with Crippen LogP contribution in [-0.4, -0.2) is 29.3 Å².